The Morgan fingerprint density at radius 3 is 2.54 bits per heavy atom. The van der Waals surface area contributed by atoms with Crippen LogP contribution < -0.4 is 4.74 Å². The van der Waals surface area contributed by atoms with E-state index in [1.165, 1.54) is 6.07 Å². The minimum Gasteiger partial charge on any atom is -0.432 e. The Morgan fingerprint density at radius 2 is 2.08 bits per heavy atom. The Hall–Kier alpha value is -1.52. The van der Waals surface area contributed by atoms with Gasteiger partial charge in [0.2, 0.25) is 0 Å². The summed E-state index contributed by atoms with van der Waals surface area (Å²) in [5.41, 5.74) is 0.0686. The van der Waals surface area contributed by atoms with Gasteiger partial charge in [-0.1, -0.05) is 0 Å². The molecule has 2 nitrogen and oxygen atoms in total. The van der Waals surface area contributed by atoms with Gasteiger partial charge in [-0.15, -0.1) is 0 Å². The number of rotatable bonds is 3. The molecular weight excluding hydrogens is 185 g/mol. The lowest BCUT2D eigenvalue weighted by molar-refractivity contribution is -0.0521. The second kappa shape index (κ2) is 3.93. The second-order valence-electron chi connectivity index (χ2n) is 2.19. The van der Waals surface area contributed by atoms with E-state index < -0.39 is 18.2 Å². The van der Waals surface area contributed by atoms with Crippen LogP contribution in [0.4, 0.5) is 13.2 Å². The topological polar surface area (TPSA) is 26.3 Å². The molecule has 0 aliphatic carbocycles. The van der Waals surface area contributed by atoms with Crippen molar-refractivity contribution in [3.8, 4) is 5.75 Å². The highest BCUT2D eigenvalue weighted by Crippen LogP contribution is 2.19. The number of hydrogen-bond acceptors (Lipinski definition) is 2. The van der Waals surface area contributed by atoms with E-state index in [1.54, 1.807) is 0 Å². The normalized spacial score (nSPS) is 10.2. The predicted octanol–water partition coefficient (Wildman–Crippen LogP) is 2.24. The van der Waals surface area contributed by atoms with E-state index in [2.05, 4.69) is 4.74 Å². The molecule has 0 aromatic heterocycles. The number of hydrogen-bond donors (Lipinski definition) is 0. The fourth-order valence-electron chi connectivity index (χ4n) is 0.782. The summed E-state index contributed by atoms with van der Waals surface area (Å²) >= 11 is 0. The molecule has 0 unspecified atom stereocenters. The quantitative estimate of drug-likeness (QED) is 0.683. The lowest BCUT2D eigenvalue weighted by Gasteiger charge is -2.04. The first-order valence-electron chi connectivity index (χ1n) is 3.33. The van der Waals surface area contributed by atoms with Crippen molar-refractivity contribution in [2.24, 2.45) is 0 Å². The number of aldehydes is 1. The molecule has 0 fully saturated rings. The number of carbonyl (C=O) groups excluding carboxylic acids is 1. The summed E-state index contributed by atoms with van der Waals surface area (Å²) < 4.78 is 39.8. The number of ether oxygens (including phenoxy) is 1. The molecule has 0 saturated carbocycles. The van der Waals surface area contributed by atoms with Gasteiger partial charge in [0, 0.05) is 5.56 Å². The Labute approximate surface area is 71.9 Å². The van der Waals surface area contributed by atoms with E-state index in [0.29, 0.717) is 6.29 Å². The minimum atomic E-state index is -3.07. The number of alkyl halides is 2. The van der Waals surface area contributed by atoms with E-state index in [0.717, 1.165) is 12.1 Å². The van der Waals surface area contributed by atoms with Crippen molar-refractivity contribution in [2.75, 3.05) is 0 Å². The van der Waals surface area contributed by atoms with E-state index in [9.17, 15) is 18.0 Å². The van der Waals surface area contributed by atoms with Gasteiger partial charge in [-0.3, -0.25) is 4.79 Å². The molecule has 1 rings (SSSR count). The first kappa shape index (κ1) is 9.57. The van der Waals surface area contributed by atoms with Crippen LogP contribution in [0.25, 0.3) is 0 Å². The van der Waals surface area contributed by atoms with Crippen molar-refractivity contribution >= 4 is 6.29 Å². The number of carbonyl (C=O) groups is 1. The van der Waals surface area contributed by atoms with Gasteiger partial charge in [0.25, 0.3) is 0 Å². The molecule has 1 aromatic carbocycles. The van der Waals surface area contributed by atoms with Crippen molar-refractivity contribution < 1.29 is 22.7 Å². The Kier molecular flexibility index (Phi) is 2.89. The van der Waals surface area contributed by atoms with Crippen LogP contribution in [0.15, 0.2) is 18.2 Å². The summed E-state index contributed by atoms with van der Waals surface area (Å²) in [5.74, 6) is -1.55. The van der Waals surface area contributed by atoms with Crippen LogP contribution in [0.5, 0.6) is 5.75 Å². The number of halogens is 3. The zero-order chi connectivity index (χ0) is 9.84. The molecule has 0 N–H and O–H groups in total. The molecule has 0 radical (unpaired) electrons. The van der Waals surface area contributed by atoms with Crippen LogP contribution in [0.2, 0.25) is 0 Å². The first-order chi connectivity index (χ1) is 6.13. The molecule has 0 spiro atoms. The molecular formula is C8H5F3O2. The molecule has 0 aliphatic rings. The maximum absolute atomic E-state index is 12.8. The van der Waals surface area contributed by atoms with Crippen molar-refractivity contribution in [2.45, 2.75) is 6.61 Å². The second-order valence-corrected chi connectivity index (χ2v) is 2.19. The lowest BCUT2D eigenvalue weighted by atomic mass is 10.2. The summed E-state index contributed by atoms with van der Waals surface area (Å²) in [6.45, 7) is -3.07. The van der Waals surface area contributed by atoms with Crippen molar-refractivity contribution in [1.29, 1.82) is 0 Å². The molecule has 5 heteroatoms. The monoisotopic (exact) mass is 190 g/mol. The van der Waals surface area contributed by atoms with Gasteiger partial charge in [-0.05, 0) is 18.2 Å². The maximum Gasteiger partial charge on any atom is 0.387 e. The highest BCUT2D eigenvalue weighted by atomic mass is 19.3. The molecule has 0 atom stereocenters. The highest BCUT2D eigenvalue weighted by molar-refractivity contribution is 5.74. The summed E-state index contributed by atoms with van der Waals surface area (Å²) in [4.78, 5) is 10.1. The van der Waals surface area contributed by atoms with Crippen molar-refractivity contribution in [3.05, 3.63) is 29.6 Å². The summed E-state index contributed by atoms with van der Waals surface area (Å²) in [6, 6.07) is 2.99. The van der Waals surface area contributed by atoms with Gasteiger partial charge in [0.15, 0.2) is 11.6 Å². The van der Waals surface area contributed by atoms with Crippen LogP contribution in [0.3, 0.4) is 0 Å². The van der Waals surface area contributed by atoms with Crippen LogP contribution in [-0.2, 0) is 0 Å². The Morgan fingerprint density at radius 1 is 1.38 bits per heavy atom. The zero-order valence-electron chi connectivity index (χ0n) is 6.34. The summed E-state index contributed by atoms with van der Waals surface area (Å²) in [5, 5.41) is 0. The summed E-state index contributed by atoms with van der Waals surface area (Å²) in [6.07, 6.45) is 0.412. The third-order valence-electron chi connectivity index (χ3n) is 1.31. The average Bonchev–Trinajstić information content (AvgIpc) is 2.08. The van der Waals surface area contributed by atoms with Crippen LogP contribution in [-0.4, -0.2) is 12.9 Å². The third kappa shape index (κ3) is 2.47. The number of benzene rings is 1. The predicted molar refractivity (Wildman–Crippen MR) is 38.4 cm³/mol. The van der Waals surface area contributed by atoms with Crippen LogP contribution in [0, 0.1) is 5.82 Å². The Bertz CT molecular complexity index is 312. The molecule has 0 saturated heterocycles. The Balaban J connectivity index is 2.91. The molecule has 0 amide bonds. The van der Waals surface area contributed by atoms with Crippen LogP contribution >= 0.6 is 0 Å². The molecule has 70 valence electrons. The molecule has 1 aromatic rings. The summed E-state index contributed by atoms with van der Waals surface area (Å²) in [7, 11) is 0. The zero-order valence-corrected chi connectivity index (χ0v) is 6.34. The van der Waals surface area contributed by atoms with Gasteiger partial charge in [-0.25, -0.2) is 4.39 Å². The van der Waals surface area contributed by atoms with E-state index >= 15 is 0 Å². The van der Waals surface area contributed by atoms with Crippen molar-refractivity contribution in [1.82, 2.24) is 0 Å². The fraction of sp³-hybridized carbons (Fsp3) is 0.125. The molecule has 0 aliphatic heterocycles. The third-order valence-corrected chi connectivity index (χ3v) is 1.31. The van der Waals surface area contributed by atoms with E-state index in [1.807, 2.05) is 0 Å². The first-order valence-corrected chi connectivity index (χ1v) is 3.33. The van der Waals surface area contributed by atoms with E-state index in [4.69, 9.17) is 0 Å². The minimum absolute atomic E-state index is 0.0686. The average molecular weight is 190 g/mol. The SMILES string of the molecule is O=Cc1ccc(OC(F)F)c(F)c1. The van der Waals surface area contributed by atoms with Crippen molar-refractivity contribution in [3.63, 3.8) is 0 Å². The largest absolute Gasteiger partial charge is 0.432 e. The van der Waals surface area contributed by atoms with Gasteiger partial charge in [0.05, 0.1) is 0 Å². The van der Waals surface area contributed by atoms with Crippen LogP contribution in [0.1, 0.15) is 10.4 Å². The van der Waals surface area contributed by atoms with Gasteiger partial charge in [0.1, 0.15) is 6.29 Å². The van der Waals surface area contributed by atoms with Gasteiger partial charge in [-0.2, -0.15) is 8.78 Å². The highest BCUT2D eigenvalue weighted by Gasteiger charge is 2.09. The smallest absolute Gasteiger partial charge is 0.387 e. The lowest BCUT2D eigenvalue weighted by Crippen LogP contribution is -2.03. The molecule has 0 bridgehead atoms. The van der Waals surface area contributed by atoms with E-state index in [-0.39, 0.29) is 5.56 Å². The fourth-order valence-corrected chi connectivity index (χ4v) is 0.782. The molecule has 0 heterocycles. The standard InChI is InChI=1S/C8H5F3O2/c9-6-3-5(4-12)1-2-7(6)13-8(10)11/h1-4,8H. The maximum atomic E-state index is 12.8. The van der Waals surface area contributed by atoms with Gasteiger partial charge >= 0.3 is 6.61 Å². The van der Waals surface area contributed by atoms with Gasteiger partial charge < -0.3 is 4.74 Å². The molecule has 13 heavy (non-hydrogen) atoms.